The molecule has 11 heteroatoms. The van der Waals surface area contributed by atoms with Crippen molar-refractivity contribution in [3.63, 3.8) is 0 Å². The number of nitrogens with one attached hydrogen (secondary N) is 1. The number of halogens is 2. The van der Waals surface area contributed by atoms with Gasteiger partial charge in [-0.25, -0.2) is 22.0 Å². The minimum Gasteiger partial charge on any atom is -0.495 e. The standard InChI is InChI=1S/C21H22F2N2O6S/c1-30-19-8-6-15(32(28,29)25-9-3-2-4-10-25)12-18(19)24-20(26)13-31-21(27)16-7-5-14(22)11-17(16)23/h5-8,11-12H,2-4,9-10,13H2,1H3,(H,24,26). The third-order valence-corrected chi connectivity index (χ3v) is 6.78. The molecule has 0 saturated carbocycles. The smallest absolute Gasteiger partial charge is 0.341 e. The van der Waals surface area contributed by atoms with Crippen molar-refractivity contribution < 1.29 is 36.3 Å². The van der Waals surface area contributed by atoms with E-state index in [-0.39, 0.29) is 16.3 Å². The monoisotopic (exact) mass is 468 g/mol. The van der Waals surface area contributed by atoms with E-state index < -0.39 is 45.7 Å². The Labute approximate surface area is 184 Å². The molecule has 0 bridgehead atoms. The van der Waals surface area contributed by atoms with Crippen LogP contribution in [0.15, 0.2) is 41.3 Å². The minimum atomic E-state index is -3.75. The van der Waals surface area contributed by atoms with E-state index in [1.165, 1.54) is 29.6 Å². The Hall–Kier alpha value is -3.05. The van der Waals surface area contributed by atoms with Gasteiger partial charge in [-0.3, -0.25) is 4.79 Å². The molecule has 8 nitrogen and oxygen atoms in total. The van der Waals surface area contributed by atoms with Gasteiger partial charge in [0, 0.05) is 19.2 Å². The van der Waals surface area contributed by atoms with E-state index >= 15 is 0 Å². The van der Waals surface area contributed by atoms with Crippen molar-refractivity contribution in [3.8, 4) is 5.75 Å². The number of nitrogens with zero attached hydrogens (tertiary/aromatic N) is 1. The Morgan fingerprint density at radius 2 is 1.78 bits per heavy atom. The number of rotatable bonds is 7. The van der Waals surface area contributed by atoms with Crippen LogP contribution in [0.1, 0.15) is 29.6 Å². The second-order valence-electron chi connectivity index (χ2n) is 7.08. The first-order chi connectivity index (χ1) is 15.2. The van der Waals surface area contributed by atoms with E-state index in [1.807, 2.05) is 0 Å². The second-order valence-corrected chi connectivity index (χ2v) is 9.01. The van der Waals surface area contributed by atoms with Gasteiger partial charge in [0.1, 0.15) is 17.4 Å². The molecule has 2 aromatic rings. The Bertz CT molecular complexity index is 1120. The van der Waals surface area contributed by atoms with E-state index in [0.717, 1.165) is 31.4 Å². The molecule has 0 aliphatic carbocycles. The predicted octanol–water partition coefficient (Wildman–Crippen LogP) is 2.94. The molecule has 1 aliphatic rings. The number of hydrogen-bond donors (Lipinski definition) is 1. The van der Waals surface area contributed by atoms with Crippen molar-refractivity contribution in [1.82, 2.24) is 4.31 Å². The van der Waals surface area contributed by atoms with Gasteiger partial charge in [0.2, 0.25) is 10.0 Å². The van der Waals surface area contributed by atoms with Gasteiger partial charge in [-0.1, -0.05) is 6.42 Å². The highest BCUT2D eigenvalue weighted by atomic mass is 32.2. The summed E-state index contributed by atoms with van der Waals surface area (Å²) in [5, 5.41) is 2.43. The van der Waals surface area contributed by atoms with Gasteiger partial charge in [-0.15, -0.1) is 0 Å². The van der Waals surface area contributed by atoms with Crippen LogP contribution >= 0.6 is 0 Å². The molecule has 1 heterocycles. The number of esters is 1. The fourth-order valence-corrected chi connectivity index (χ4v) is 4.79. The van der Waals surface area contributed by atoms with E-state index in [4.69, 9.17) is 9.47 Å². The number of hydrogen-bond acceptors (Lipinski definition) is 6. The SMILES string of the molecule is COc1ccc(S(=O)(=O)N2CCCCC2)cc1NC(=O)COC(=O)c1ccc(F)cc1F. The first-order valence-corrected chi connectivity index (χ1v) is 11.3. The summed E-state index contributed by atoms with van der Waals surface area (Å²) >= 11 is 0. The van der Waals surface area contributed by atoms with Crippen molar-refractivity contribution in [2.24, 2.45) is 0 Å². The Balaban J connectivity index is 1.71. The third kappa shape index (κ3) is 5.40. The molecule has 0 unspecified atom stereocenters. The Morgan fingerprint density at radius 3 is 2.44 bits per heavy atom. The van der Waals surface area contributed by atoms with Gasteiger partial charge in [-0.05, 0) is 43.2 Å². The lowest BCUT2D eigenvalue weighted by Gasteiger charge is -2.26. The highest BCUT2D eigenvalue weighted by Crippen LogP contribution is 2.30. The van der Waals surface area contributed by atoms with Crippen molar-refractivity contribution in [1.29, 1.82) is 0 Å². The van der Waals surface area contributed by atoms with Crippen LogP contribution < -0.4 is 10.1 Å². The molecule has 3 rings (SSSR count). The Kier molecular flexibility index (Phi) is 7.41. The second kappa shape index (κ2) is 10.0. The van der Waals surface area contributed by atoms with Gasteiger partial charge in [0.05, 0.1) is 23.3 Å². The number of piperidine rings is 1. The van der Waals surface area contributed by atoms with Crippen LogP contribution in [-0.4, -0.2) is 51.4 Å². The molecule has 32 heavy (non-hydrogen) atoms. The number of sulfonamides is 1. The molecular weight excluding hydrogens is 446 g/mol. The summed E-state index contributed by atoms with van der Waals surface area (Å²) in [5.41, 5.74) is -0.453. The third-order valence-electron chi connectivity index (χ3n) is 4.88. The molecule has 1 fully saturated rings. The lowest BCUT2D eigenvalue weighted by atomic mass is 10.2. The summed E-state index contributed by atoms with van der Waals surface area (Å²) in [6.45, 7) is 0.0693. The number of carbonyl (C=O) groups is 2. The largest absolute Gasteiger partial charge is 0.495 e. The van der Waals surface area contributed by atoms with Crippen LogP contribution in [0.3, 0.4) is 0 Å². The average molecular weight is 468 g/mol. The maximum Gasteiger partial charge on any atom is 0.341 e. The van der Waals surface area contributed by atoms with Crippen LogP contribution in [0, 0.1) is 11.6 Å². The van der Waals surface area contributed by atoms with Crippen molar-refractivity contribution in [2.75, 3.05) is 32.1 Å². The number of anilines is 1. The predicted molar refractivity (Wildman–Crippen MR) is 111 cm³/mol. The van der Waals surface area contributed by atoms with E-state index in [1.54, 1.807) is 0 Å². The molecule has 1 N–H and O–H groups in total. The zero-order valence-electron chi connectivity index (χ0n) is 17.3. The fourth-order valence-electron chi connectivity index (χ4n) is 3.25. The molecule has 0 aromatic heterocycles. The lowest BCUT2D eigenvalue weighted by molar-refractivity contribution is -0.119. The van der Waals surface area contributed by atoms with E-state index in [2.05, 4.69) is 5.32 Å². The highest BCUT2D eigenvalue weighted by Gasteiger charge is 2.27. The lowest BCUT2D eigenvalue weighted by Crippen LogP contribution is -2.35. The van der Waals surface area contributed by atoms with Crippen LogP contribution in [0.25, 0.3) is 0 Å². The number of ether oxygens (including phenoxy) is 2. The molecular formula is C21H22F2N2O6S. The average Bonchev–Trinajstić information content (AvgIpc) is 2.78. The fraction of sp³-hybridized carbons (Fsp3) is 0.333. The number of benzene rings is 2. The zero-order chi connectivity index (χ0) is 23.3. The van der Waals surface area contributed by atoms with Crippen molar-refractivity contribution >= 4 is 27.6 Å². The summed E-state index contributed by atoms with van der Waals surface area (Å²) in [5.74, 6) is -3.72. The number of methoxy groups -OCH3 is 1. The summed E-state index contributed by atoms with van der Waals surface area (Å²) < 4.78 is 63.7. The van der Waals surface area contributed by atoms with E-state index in [0.29, 0.717) is 19.2 Å². The van der Waals surface area contributed by atoms with Gasteiger partial charge < -0.3 is 14.8 Å². The maximum absolute atomic E-state index is 13.7. The summed E-state index contributed by atoms with van der Waals surface area (Å²) in [7, 11) is -2.40. The first-order valence-electron chi connectivity index (χ1n) is 9.82. The molecule has 0 spiro atoms. The summed E-state index contributed by atoms with van der Waals surface area (Å²) in [6.07, 6.45) is 2.52. The molecule has 1 saturated heterocycles. The molecule has 0 atom stereocenters. The van der Waals surface area contributed by atoms with E-state index in [9.17, 15) is 26.8 Å². The number of amides is 1. The number of carbonyl (C=O) groups excluding carboxylic acids is 2. The normalized spacial score (nSPS) is 14.6. The van der Waals surface area contributed by atoms with Crippen LogP contribution in [0.4, 0.5) is 14.5 Å². The van der Waals surface area contributed by atoms with Gasteiger partial charge in [0.15, 0.2) is 6.61 Å². The zero-order valence-corrected chi connectivity index (χ0v) is 18.1. The molecule has 172 valence electrons. The summed E-state index contributed by atoms with van der Waals surface area (Å²) in [6, 6.07) is 6.38. The van der Waals surface area contributed by atoms with Crippen molar-refractivity contribution in [3.05, 3.63) is 53.6 Å². The summed E-state index contributed by atoms with van der Waals surface area (Å²) in [4.78, 5) is 24.2. The first kappa shape index (κ1) is 23.6. The van der Waals surface area contributed by atoms with Crippen LogP contribution in [0.2, 0.25) is 0 Å². The molecule has 2 aromatic carbocycles. The maximum atomic E-state index is 13.7. The van der Waals surface area contributed by atoms with Crippen LogP contribution in [0.5, 0.6) is 5.75 Å². The van der Waals surface area contributed by atoms with Gasteiger partial charge in [-0.2, -0.15) is 4.31 Å². The minimum absolute atomic E-state index is 0.0131. The molecule has 1 aliphatic heterocycles. The Morgan fingerprint density at radius 1 is 1.06 bits per heavy atom. The molecule has 1 amide bonds. The highest BCUT2D eigenvalue weighted by molar-refractivity contribution is 7.89. The topological polar surface area (TPSA) is 102 Å². The van der Waals surface area contributed by atoms with Crippen molar-refractivity contribution in [2.45, 2.75) is 24.2 Å². The van der Waals surface area contributed by atoms with Gasteiger partial charge >= 0.3 is 5.97 Å². The van der Waals surface area contributed by atoms with Crippen LogP contribution in [-0.2, 0) is 19.6 Å². The quantitative estimate of drug-likeness (QED) is 0.627. The van der Waals surface area contributed by atoms with Gasteiger partial charge in [0.25, 0.3) is 5.91 Å². The molecule has 0 radical (unpaired) electrons.